The molecule has 0 aromatic heterocycles. The third kappa shape index (κ3) is 4.71. The molecule has 5 heteroatoms. The zero-order valence-electron chi connectivity index (χ0n) is 14.8. The van der Waals surface area contributed by atoms with Gasteiger partial charge in [-0.05, 0) is 44.7 Å². The van der Waals surface area contributed by atoms with Crippen molar-refractivity contribution in [2.75, 3.05) is 0 Å². The van der Waals surface area contributed by atoms with Crippen molar-refractivity contribution in [3.63, 3.8) is 0 Å². The number of carbonyl (C=O) groups is 2. The predicted octanol–water partition coefficient (Wildman–Crippen LogP) is 3.08. The fourth-order valence-electron chi connectivity index (χ4n) is 2.26. The Kier molecular flexibility index (Phi) is 6.19. The summed E-state index contributed by atoms with van der Waals surface area (Å²) < 4.78 is 5.91. The number of rotatable bonds is 7. The Morgan fingerprint density at radius 3 is 2.22 bits per heavy atom. The van der Waals surface area contributed by atoms with Crippen molar-refractivity contribution in [3.8, 4) is 5.75 Å². The maximum Gasteiger partial charge on any atom is 0.326 e. The zero-order valence-corrected chi connectivity index (χ0v) is 14.8. The first-order chi connectivity index (χ1) is 10.6. The molecule has 0 heterocycles. The van der Waals surface area contributed by atoms with Gasteiger partial charge in [-0.25, -0.2) is 4.79 Å². The van der Waals surface area contributed by atoms with Crippen LogP contribution in [-0.4, -0.2) is 28.6 Å². The molecular weight excluding hydrogens is 294 g/mol. The largest absolute Gasteiger partial charge is 0.480 e. The molecule has 23 heavy (non-hydrogen) atoms. The van der Waals surface area contributed by atoms with Gasteiger partial charge in [-0.1, -0.05) is 38.5 Å². The minimum absolute atomic E-state index is 0.160. The lowest BCUT2D eigenvalue weighted by Gasteiger charge is -2.30. The minimum Gasteiger partial charge on any atom is -0.480 e. The van der Waals surface area contributed by atoms with Crippen LogP contribution in [0.15, 0.2) is 18.2 Å². The van der Waals surface area contributed by atoms with Crippen LogP contribution in [0.3, 0.4) is 0 Å². The van der Waals surface area contributed by atoms with Crippen molar-refractivity contribution in [3.05, 3.63) is 29.3 Å². The Morgan fingerprint density at radius 1 is 1.26 bits per heavy atom. The van der Waals surface area contributed by atoms with Crippen molar-refractivity contribution in [1.29, 1.82) is 0 Å². The van der Waals surface area contributed by atoms with Crippen LogP contribution in [0.25, 0.3) is 0 Å². The lowest BCUT2D eigenvalue weighted by atomic mass is 9.98. The van der Waals surface area contributed by atoms with Gasteiger partial charge in [0.05, 0.1) is 0 Å². The number of amides is 1. The Bertz CT molecular complexity index is 560. The first-order valence-electron chi connectivity index (χ1n) is 7.89. The van der Waals surface area contributed by atoms with Gasteiger partial charge in [-0.2, -0.15) is 0 Å². The van der Waals surface area contributed by atoms with Crippen LogP contribution in [0.2, 0.25) is 0 Å². The molecule has 0 spiro atoms. The van der Waals surface area contributed by atoms with E-state index in [0.717, 1.165) is 11.1 Å². The SMILES string of the molecule is CCC(C)C(NC(=O)C(C)(C)Oc1c(C)cccc1C)C(=O)O. The van der Waals surface area contributed by atoms with Crippen molar-refractivity contribution in [1.82, 2.24) is 5.32 Å². The average molecular weight is 321 g/mol. The van der Waals surface area contributed by atoms with E-state index in [2.05, 4.69) is 5.32 Å². The third-order valence-corrected chi connectivity index (χ3v) is 4.08. The summed E-state index contributed by atoms with van der Waals surface area (Å²) in [6, 6.07) is 4.83. The Balaban J connectivity index is 2.94. The highest BCUT2D eigenvalue weighted by Gasteiger charge is 2.35. The first kappa shape index (κ1) is 19.0. The monoisotopic (exact) mass is 321 g/mol. The third-order valence-electron chi connectivity index (χ3n) is 4.08. The standard InChI is InChI=1S/C18H27NO4/c1-7-11(2)14(16(20)21)19-17(22)18(5,6)23-15-12(3)9-8-10-13(15)4/h8-11,14H,7H2,1-6H3,(H,19,22)(H,20,21). The summed E-state index contributed by atoms with van der Waals surface area (Å²) in [6.45, 7) is 10.8. The molecule has 0 aliphatic carbocycles. The Hall–Kier alpha value is -2.04. The number of hydrogen-bond donors (Lipinski definition) is 2. The van der Waals surface area contributed by atoms with Gasteiger partial charge < -0.3 is 15.2 Å². The van der Waals surface area contributed by atoms with Crippen LogP contribution in [0.4, 0.5) is 0 Å². The topological polar surface area (TPSA) is 75.6 Å². The summed E-state index contributed by atoms with van der Waals surface area (Å²) in [5.74, 6) is -0.973. The second kappa shape index (κ2) is 7.49. The molecular formula is C18H27NO4. The predicted molar refractivity (Wildman–Crippen MR) is 89.6 cm³/mol. The summed E-state index contributed by atoms with van der Waals surface area (Å²) in [4.78, 5) is 23.9. The van der Waals surface area contributed by atoms with E-state index in [1.807, 2.05) is 39.0 Å². The molecule has 0 fully saturated rings. The molecule has 0 saturated heterocycles. The molecule has 5 nitrogen and oxygen atoms in total. The van der Waals surface area contributed by atoms with E-state index < -0.39 is 23.5 Å². The molecule has 2 atom stereocenters. The van der Waals surface area contributed by atoms with Gasteiger partial charge in [0, 0.05) is 0 Å². The highest BCUT2D eigenvalue weighted by molar-refractivity contribution is 5.89. The average Bonchev–Trinajstić information content (AvgIpc) is 2.47. The Morgan fingerprint density at radius 2 is 1.78 bits per heavy atom. The summed E-state index contributed by atoms with van der Waals surface area (Å²) in [6.07, 6.45) is 0.662. The van der Waals surface area contributed by atoms with Crippen molar-refractivity contribution in [2.45, 2.75) is 59.6 Å². The number of carbonyl (C=O) groups excluding carboxylic acids is 1. The van der Waals surface area contributed by atoms with Crippen molar-refractivity contribution < 1.29 is 19.4 Å². The molecule has 1 aromatic rings. The van der Waals surface area contributed by atoms with Crippen LogP contribution in [0.1, 0.15) is 45.2 Å². The maximum atomic E-state index is 12.5. The van der Waals surface area contributed by atoms with Gasteiger partial charge >= 0.3 is 5.97 Å². The van der Waals surface area contributed by atoms with Gasteiger partial charge in [0.1, 0.15) is 11.8 Å². The number of nitrogens with one attached hydrogen (secondary N) is 1. The smallest absolute Gasteiger partial charge is 0.326 e. The highest BCUT2D eigenvalue weighted by atomic mass is 16.5. The fraction of sp³-hybridized carbons (Fsp3) is 0.556. The van der Waals surface area contributed by atoms with E-state index >= 15 is 0 Å². The van der Waals surface area contributed by atoms with Gasteiger partial charge in [-0.3, -0.25) is 4.79 Å². The number of carboxylic acids is 1. The van der Waals surface area contributed by atoms with Gasteiger partial charge in [0.25, 0.3) is 5.91 Å². The molecule has 1 rings (SSSR count). The lowest BCUT2D eigenvalue weighted by Crippen LogP contribution is -2.54. The fourth-order valence-corrected chi connectivity index (χ4v) is 2.26. The molecule has 1 aromatic carbocycles. The zero-order chi connectivity index (χ0) is 17.8. The molecule has 0 bridgehead atoms. The number of aryl methyl sites for hydroxylation is 2. The molecule has 0 saturated carbocycles. The number of aliphatic carboxylic acids is 1. The van der Waals surface area contributed by atoms with Crippen LogP contribution in [-0.2, 0) is 9.59 Å². The molecule has 2 N–H and O–H groups in total. The van der Waals surface area contributed by atoms with E-state index in [-0.39, 0.29) is 5.92 Å². The number of carboxylic acid groups (broad SMARTS) is 1. The van der Waals surface area contributed by atoms with Crippen LogP contribution < -0.4 is 10.1 Å². The maximum absolute atomic E-state index is 12.5. The second-order valence-electron chi connectivity index (χ2n) is 6.51. The lowest BCUT2D eigenvalue weighted by molar-refractivity contribution is -0.146. The first-order valence-corrected chi connectivity index (χ1v) is 7.89. The number of ether oxygens (including phenoxy) is 1. The second-order valence-corrected chi connectivity index (χ2v) is 6.51. The van der Waals surface area contributed by atoms with E-state index in [1.165, 1.54) is 0 Å². The van der Waals surface area contributed by atoms with E-state index in [4.69, 9.17) is 4.74 Å². The normalized spacial score (nSPS) is 14.0. The van der Waals surface area contributed by atoms with Crippen molar-refractivity contribution in [2.24, 2.45) is 5.92 Å². The number of para-hydroxylation sites is 1. The summed E-state index contributed by atoms with van der Waals surface area (Å²) in [5.41, 5.74) is 0.697. The quantitative estimate of drug-likeness (QED) is 0.809. The van der Waals surface area contributed by atoms with E-state index in [0.29, 0.717) is 12.2 Å². The molecule has 2 unspecified atom stereocenters. The van der Waals surface area contributed by atoms with Crippen LogP contribution in [0.5, 0.6) is 5.75 Å². The molecule has 0 aliphatic heterocycles. The molecule has 0 aliphatic rings. The molecule has 1 amide bonds. The summed E-state index contributed by atoms with van der Waals surface area (Å²) >= 11 is 0. The summed E-state index contributed by atoms with van der Waals surface area (Å²) in [7, 11) is 0. The van der Waals surface area contributed by atoms with E-state index in [9.17, 15) is 14.7 Å². The minimum atomic E-state index is -1.17. The van der Waals surface area contributed by atoms with E-state index in [1.54, 1.807) is 20.8 Å². The van der Waals surface area contributed by atoms with Crippen LogP contribution in [0, 0.1) is 19.8 Å². The molecule has 128 valence electrons. The Labute approximate surface area is 138 Å². The van der Waals surface area contributed by atoms with Gasteiger partial charge in [0.15, 0.2) is 5.60 Å². The highest BCUT2D eigenvalue weighted by Crippen LogP contribution is 2.27. The van der Waals surface area contributed by atoms with Gasteiger partial charge in [-0.15, -0.1) is 0 Å². The van der Waals surface area contributed by atoms with Crippen LogP contribution >= 0.6 is 0 Å². The number of hydrogen-bond acceptors (Lipinski definition) is 3. The van der Waals surface area contributed by atoms with Crippen molar-refractivity contribution >= 4 is 11.9 Å². The summed E-state index contributed by atoms with van der Waals surface area (Å²) in [5, 5.41) is 11.9. The van der Waals surface area contributed by atoms with Gasteiger partial charge in [0.2, 0.25) is 0 Å². The molecule has 0 radical (unpaired) electrons. The number of benzene rings is 1.